The number of aryl methyl sites for hydroxylation is 1. The summed E-state index contributed by atoms with van der Waals surface area (Å²) in [7, 11) is 0. The molecule has 0 amide bonds. The number of hydrogen-bond acceptors (Lipinski definition) is 4. The van der Waals surface area contributed by atoms with Crippen LogP contribution in [0.4, 0.5) is 5.82 Å². The van der Waals surface area contributed by atoms with Crippen molar-refractivity contribution in [1.29, 1.82) is 0 Å². The summed E-state index contributed by atoms with van der Waals surface area (Å²) in [5.41, 5.74) is 8.01. The van der Waals surface area contributed by atoms with E-state index in [9.17, 15) is 0 Å². The Morgan fingerprint density at radius 2 is 2.37 bits per heavy atom. The molecule has 19 heavy (non-hydrogen) atoms. The van der Waals surface area contributed by atoms with Gasteiger partial charge in [0.15, 0.2) is 5.65 Å². The second-order valence-electron chi connectivity index (χ2n) is 5.40. The average molecular weight is 259 g/mol. The first-order valence-corrected chi connectivity index (χ1v) is 7.12. The molecular formula is C14H21N5. The molecule has 3 rings (SSSR count). The Kier molecular flexibility index (Phi) is 3.38. The van der Waals surface area contributed by atoms with Gasteiger partial charge in [-0.2, -0.15) is 9.61 Å². The Morgan fingerprint density at radius 3 is 3.11 bits per heavy atom. The van der Waals surface area contributed by atoms with Gasteiger partial charge in [-0.15, -0.1) is 0 Å². The van der Waals surface area contributed by atoms with Gasteiger partial charge < -0.3 is 11.1 Å². The van der Waals surface area contributed by atoms with Crippen molar-refractivity contribution in [2.24, 2.45) is 5.73 Å². The minimum atomic E-state index is 0.336. The van der Waals surface area contributed by atoms with Crippen LogP contribution in [0.1, 0.15) is 38.3 Å². The zero-order valence-electron chi connectivity index (χ0n) is 11.3. The van der Waals surface area contributed by atoms with Crippen LogP contribution >= 0.6 is 0 Å². The van der Waals surface area contributed by atoms with Crippen molar-refractivity contribution in [2.45, 2.75) is 51.1 Å². The van der Waals surface area contributed by atoms with Crippen LogP contribution in [0.25, 0.3) is 5.65 Å². The van der Waals surface area contributed by atoms with Gasteiger partial charge >= 0.3 is 0 Å². The van der Waals surface area contributed by atoms with E-state index in [0.29, 0.717) is 12.1 Å². The maximum atomic E-state index is 5.97. The summed E-state index contributed by atoms with van der Waals surface area (Å²) in [5.74, 6) is 1.04. The second-order valence-corrected chi connectivity index (χ2v) is 5.40. The molecule has 2 atom stereocenters. The van der Waals surface area contributed by atoms with Crippen LogP contribution in [-0.2, 0) is 6.42 Å². The van der Waals surface area contributed by atoms with E-state index in [1.807, 2.05) is 10.6 Å². The van der Waals surface area contributed by atoms with E-state index in [1.54, 1.807) is 6.20 Å². The molecule has 5 heteroatoms. The van der Waals surface area contributed by atoms with E-state index in [-0.39, 0.29) is 0 Å². The Bertz CT molecular complexity index is 562. The number of nitrogens with two attached hydrogens (primary N) is 1. The van der Waals surface area contributed by atoms with Crippen molar-refractivity contribution in [3.05, 3.63) is 24.0 Å². The van der Waals surface area contributed by atoms with Crippen molar-refractivity contribution in [3.63, 3.8) is 0 Å². The minimum absolute atomic E-state index is 0.336. The lowest BCUT2D eigenvalue weighted by Crippen LogP contribution is -2.22. The van der Waals surface area contributed by atoms with Gasteiger partial charge in [0.1, 0.15) is 5.82 Å². The number of nitrogens with one attached hydrogen (secondary N) is 1. The highest BCUT2D eigenvalue weighted by Crippen LogP contribution is 2.22. The van der Waals surface area contributed by atoms with Gasteiger partial charge in [0.05, 0.1) is 6.20 Å². The predicted octanol–water partition coefficient (Wildman–Crippen LogP) is 1.97. The molecule has 0 unspecified atom stereocenters. The lowest BCUT2D eigenvalue weighted by atomic mass is 10.2. The molecular weight excluding hydrogens is 238 g/mol. The molecule has 2 aromatic heterocycles. The molecule has 1 saturated carbocycles. The quantitative estimate of drug-likeness (QED) is 0.881. The Labute approximate surface area is 113 Å². The topological polar surface area (TPSA) is 68.2 Å². The number of anilines is 1. The molecule has 0 saturated heterocycles. The fraction of sp³-hybridized carbons (Fsp3) is 0.571. The van der Waals surface area contributed by atoms with Gasteiger partial charge in [0.2, 0.25) is 0 Å². The molecule has 1 fully saturated rings. The van der Waals surface area contributed by atoms with Gasteiger partial charge in [-0.25, -0.2) is 4.98 Å². The fourth-order valence-electron chi connectivity index (χ4n) is 2.81. The SMILES string of the molecule is CCCc1cc(N[C@@H]2CC[C@@H](N)C2)n2nccc2n1. The van der Waals surface area contributed by atoms with Crippen LogP contribution < -0.4 is 11.1 Å². The lowest BCUT2D eigenvalue weighted by molar-refractivity contribution is 0.684. The van der Waals surface area contributed by atoms with Gasteiger partial charge in [0.25, 0.3) is 0 Å². The molecule has 5 nitrogen and oxygen atoms in total. The van der Waals surface area contributed by atoms with Gasteiger partial charge in [-0.05, 0) is 25.7 Å². The van der Waals surface area contributed by atoms with Crippen molar-refractivity contribution in [2.75, 3.05) is 5.32 Å². The van der Waals surface area contributed by atoms with E-state index in [1.165, 1.54) is 0 Å². The fourth-order valence-corrected chi connectivity index (χ4v) is 2.81. The van der Waals surface area contributed by atoms with E-state index in [0.717, 1.165) is 49.3 Å². The Morgan fingerprint density at radius 1 is 1.47 bits per heavy atom. The molecule has 2 heterocycles. The molecule has 0 bridgehead atoms. The normalized spacial score (nSPS) is 23.1. The monoisotopic (exact) mass is 259 g/mol. The van der Waals surface area contributed by atoms with Crippen LogP contribution in [0.5, 0.6) is 0 Å². The molecule has 0 aromatic carbocycles. The molecule has 1 aliphatic carbocycles. The van der Waals surface area contributed by atoms with Gasteiger partial charge in [0, 0.05) is 29.9 Å². The third kappa shape index (κ3) is 2.56. The van der Waals surface area contributed by atoms with Crippen LogP contribution in [0.15, 0.2) is 18.3 Å². The minimum Gasteiger partial charge on any atom is -0.367 e. The van der Waals surface area contributed by atoms with E-state index >= 15 is 0 Å². The maximum Gasteiger partial charge on any atom is 0.157 e. The summed E-state index contributed by atoms with van der Waals surface area (Å²) in [6.45, 7) is 2.17. The van der Waals surface area contributed by atoms with Crippen molar-refractivity contribution < 1.29 is 0 Å². The molecule has 2 aromatic rings. The first kappa shape index (κ1) is 12.4. The summed E-state index contributed by atoms with van der Waals surface area (Å²) in [6.07, 6.45) is 7.17. The predicted molar refractivity (Wildman–Crippen MR) is 76.2 cm³/mol. The third-order valence-corrected chi connectivity index (χ3v) is 3.74. The maximum absolute atomic E-state index is 5.97. The number of hydrogen-bond donors (Lipinski definition) is 2. The van der Waals surface area contributed by atoms with E-state index in [4.69, 9.17) is 5.73 Å². The van der Waals surface area contributed by atoms with Crippen molar-refractivity contribution >= 4 is 11.5 Å². The summed E-state index contributed by atoms with van der Waals surface area (Å²) in [4.78, 5) is 4.61. The molecule has 3 N–H and O–H groups in total. The number of aromatic nitrogens is 3. The number of rotatable bonds is 4. The number of fused-ring (bicyclic) bond motifs is 1. The first-order chi connectivity index (χ1) is 9.26. The average Bonchev–Trinajstić information content (AvgIpc) is 2.99. The molecule has 102 valence electrons. The lowest BCUT2D eigenvalue weighted by Gasteiger charge is -2.15. The summed E-state index contributed by atoms with van der Waals surface area (Å²) >= 11 is 0. The van der Waals surface area contributed by atoms with Crippen molar-refractivity contribution in [1.82, 2.24) is 14.6 Å². The highest BCUT2D eigenvalue weighted by atomic mass is 15.3. The molecule has 0 spiro atoms. The van der Waals surface area contributed by atoms with Crippen LogP contribution in [0.2, 0.25) is 0 Å². The zero-order chi connectivity index (χ0) is 13.2. The summed E-state index contributed by atoms with van der Waals surface area (Å²) in [5, 5.41) is 7.92. The van der Waals surface area contributed by atoms with Crippen LogP contribution in [0.3, 0.4) is 0 Å². The second kappa shape index (κ2) is 5.17. The Balaban J connectivity index is 1.89. The third-order valence-electron chi connectivity index (χ3n) is 3.74. The smallest absolute Gasteiger partial charge is 0.157 e. The Hall–Kier alpha value is -1.62. The van der Waals surface area contributed by atoms with Gasteiger partial charge in [-0.1, -0.05) is 13.3 Å². The van der Waals surface area contributed by atoms with Crippen LogP contribution in [0, 0.1) is 0 Å². The largest absolute Gasteiger partial charge is 0.367 e. The van der Waals surface area contributed by atoms with E-state index in [2.05, 4.69) is 28.4 Å². The molecule has 0 radical (unpaired) electrons. The number of nitrogens with zero attached hydrogens (tertiary/aromatic N) is 3. The van der Waals surface area contributed by atoms with Crippen LogP contribution in [-0.4, -0.2) is 26.7 Å². The van der Waals surface area contributed by atoms with E-state index < -0.39 is 0 Å². The summed E-state index contributed by atoms with van der Waals surface area (Å²) < 4.78 is 1.88. The summed E-state index contributed by atoms with van der Waals surface area (Å²) in [6, 6.07) is 4.86. The van der Waals surface area contributed by atoms with Crippen molar-refractivity contribution in [3.8, 4) is 0 Å². The standard InChI is InChI=1S/C14H21N5/c1-2-3-11-9-14(18-12-5-4-10(15)8-12)19-13(17-11)6-7-16-19/h6-7,9-10,12,18H,2-5,8,15H2,1H3/t10-,12-/m1/s1. The van der Waals surface area contributed by atoms with Gasteiger partial charge in [-0.3, -0.25) is 0 Å². The first-order valence-electron chi connectivity index (χ1n) is 7.12. The highest BCUT2D eigenvalue weighted by Gasteiger charge is 2.22. The molecule has 0 aliphatic heterocycles. The highest BCUT2D eigenvalue weighted by molar-refractivity contribution is 5.49. The molecule has 1 aliphatic rings. The zero-order valence-corrected chi connectivity index (χ0v) is 11.3.